The summed E-state index contributed by atoms with van der Waals surface area (Å²) < 4.78 is 21.0. The molecule has 3 aromatic rings. The number of nitrogens with one attached hydrogen (secondary N) is 1. The zero-order chi connectivity index (χ0) is 20.3. The van der Waals surface area contributed by atoms with Crippen LogP contribution >= 0.6 is 7.82 Å². The number of phosphoric ester groups is 1. The van der Waals surface area contributed by atoms with E-state index in [4.69, 9.17) is 4.89 Å². The van der Waals surface area contributed by atoms with Crippen molar-refractivity contribution in [1.29, 1.82) is 0 Å². The maximum absolute atomic E-state index is 12.6. The fourth-order valence-corrected chi connectivity index (χ4v) is 2.79. The molecule has 0 radical (unpaired) electrons. The van der Waals surface area contributed by atoms with Gasteiger partial charge in [0.05, 0.1) is 18.1 Å². The van der Waals surface area contributed by atoms with Crippen molar-refractivity contribution in [1.82, 2.24) is 9.55 Å². The monoisotopic (exact) mass is 427 g/mol. The molecule has 29 heavy (non-hydrogen) atoms. The molecule has 0 spiro atoms. The van der Waals surface area contributed by atoms with Crippen LogP contribution in [0.25, 0.3) is 11.0 Å². The normalized spacial score (nSPS) is 12.7. The SMILES string of the molecule is COC(=O)Nc1nc2cc(C(=O)c3ccccc3)ccc2n1COP(=O)([O-])O.[Na+]. The number of benzene rings is 2. The average Bonchev–Trinajstić information content (AvgIpc) is 3.01. The number of imidazole rings is 1. The quantitative estimate of drug-likeness (QED) is 0.286. The Bertz CT molecular complexity index is 1080. The predicted molar refractivity (Wildman–Crippen MR) is 96.5 cm³/mol. The molecule has 0 saturated carbocycles. The van der Waals surface area contributed by atoms with Crippen LogP contribution in [0.4, 0.5) is 10.7 Å². The number of anilines is 1. The van der Waals surface area contributed by atoms with Crippen molar-refractivity contribution < 1.29 is 62.8 Å². The zero-order valence-electron chi connectivity index (χ0n) is 15.6. The smallest absolute Gasteiger partial charge is 0.756 e. The molecule has 0 fully saturated rings. The van der Waals surface area contributed by atoms with Crippen LogP contribution in [0.3, 0.4) is 0 Å². The van der Waals surface area contributed by atoms with Crippen molar-refractivity contribution in [2.45, 2.75) is 6.73 Å². The van der Waals surface area contributed by atoms with E-state index < -0.39 is 20.6 Å². The number of rotatable bonds is 6. The number of amides is 1. The third kappa shape index (κ3) is 5.74. The Morgan fingerprint density at radius 3 is 2.52 bits per heavy atom. The van der Waals surface area contributed by atoms with Crippen molar-refractivity contribution in [2.24, 2.45) is 0 Å². The second-order valence-corrected chi connectivity index (χ2v) is 6.80. The maximum Gasteiger partial charge on any atom is 1.00 e. The molecule has 2 N–H and O–H groups in total. The maximum atomic E-state index is 12.6. The third-order valence-electron chi connectivity index (χ3n) is 3.80. The molecule has 10 nitrogen and oxygen atoms in total. The number of carbonyl (C=O) groups is 2. The first-order valence-corrected chi connectivity index (χ1v) is 9.41. The number of carbonyl (C=O) groups excluding carboxylic acids is 2. The molecule has 1 heterocycles. The van der Waals surface area contributed by atoms with Gasteiger partial charge in [0.2, 0.25) is 5.95 Å². The van der Waals surface area contributed by atoms with E-state index in [1.54, 1.807) is 30.3 Å². The second-order valence-electron chi connectivity index (χ2n) is 5.61. The van der Waals surface area contributed by atoms with Gasteiger partial charge in [0, 0.05) is 11.1 Å². The van der Waals surface area contributed by atoms with Gasteiger partial charge in [-0.1, -0.05) is 30.3 Å². The van der Waals surface area contributed by atoms with Crippen molar-refractivity contribution >= 4 is 36.7 Å². The van der Waals surface area contributed by atoms with Gasteiger partial charge in [-0.3, -0.25) is 23.8 Å². The van der Waals surface area contributed by atoms with E-state index in [9.17, 15) is 19.0 Å². The first-order chi connectivity index (χ1) is 13.3. The Balaban J connectivity index is 0.00000300. The summed E-state index contributed by atoms with van der Waals surface area (Å²) in [5.74, 6) is -0.310. The minimum absolute atomic E-state index is 0. The zero-order valence-corrected chi connectivity index (χ0v) is 18.5. The van der Waals surface area contributed by atoms with Gasteiger partial charge in [0.1, 0.15) is 6.73 Å². The van der Waals surface area contributed by atoms with Gasteiger partial charge in [0.25, 0.3) is 7.82 Å². The molecule has 1 unspecified atom stereocenters. The molecular weight excluding hydrogens is 412 g/mol. The third-order valence-corrected chi connectivity index (χ3v) is 4.24. The molecule has 1 amide bonds. The summed E-state index contributed by atoms with van der Waals surface area (Å²) in [6.07, 6.45) is -0.841. The number of methoxy groups -OCH3 is 1. The number of phosphoric acid groups is 1. The van der Waals surface area contributed by atoms with Crippen LogP contribution in [0.5, 0.6) is 0 Å². The summed E-state index contributed by atoms with van der Waals surface area (Å²) in [5, 5.41) is 2.32. The van der Waals surface area contributed by atoms with Crippen LogP contribution in [0.2, 0.25) is 0 Å². The molecule has 0 aliphatic carbocycles. The summed E-state index contributed by atoms with van der Waals surface area (Å²) in [5.41, 5.74) is 1.51. The van der Waals surface area contributed by atoms with Gasteiger partial charge in [-0.25, -0.2) is 9.78 Å². The van der Waals surface area contributed by atoms with E-state index in [0.717, 1.165) is 7.11 Å². The van der Waals surface area contributed by atoms with E-state index >= 15 is 0 Å². The minimum Gasteiger partial charge on any atom is -0.756 e. The Morgan fingerprint density at radius 2 is 1.90 bits per heavy atom. The summed E-state index contributed by atoms with van der Waals surface area (Å²) in [4.78, 5) is 48.1. The van der Waals surface area contributed by atoms with Crippen LogP contribution in [0.15, 0.2) is 48.5 Å². The standard InChI is InChI=1S/C17H16N3O7P.Na/c1-26-17(22)19-16-18-13-9-12(15(21)11-5-3-2-4-6-11)7-8-14(13)20(16)10-27-28(23,24)25;/h2-9H,10H2,1H3,(H,18,19,22)(H2,23,24,25);/q;+1/p-1. The van der Waals surface area contributed by atoms with Gasteiger partial charge in [-0.15, -0.1) is 0 Å². The number of aromatic nitrogens is 2. The number of nitrogens with zero attached hydrogens (tertiary/aromatic N) is 2. The Labute approximate surface area is 187 Å². The molecule has 0 aliphatic heterocycles. The average molecular weight is 427 g/mol. The molecule has 146 valence electrons. The number of hydrogen-bond donors (Lipinski definition) is 2. The molecule has 12 heteroatoms. The van der Waals surface area contributed by atoms with Crippen LogP contribution in [-0.4, -0.2) is 33.4 Å². The molecule has 2 aromatic carbocycles. The Hall–Kier alpha value is -2.04. The van der Waals surface area contributed by atoms with Gasteiger partial charge in [0.15, 0.2) is 5.78 Å². The minimum atomic E-state index is -5.01. The van der Waals surface area contributed by atoms with E-state index in [2.05, 4.69) is 19.6 Å². The summed E-state index contributed by atoms with van der Waals surface area (Å²) in [7, 11) is -3.86. The van der Waals surface area contributed by atoms with Crippen molar-refractivity contribution in [3.05, 3.63) is 59.7 Å². The molecule has 0 saturated heterocycles. The van der Waals surface area contributed by atoms with Crippen LogP contribution in [-0.2, 0) is 20.6 Å². The summed E-state index contributed by atoms with van der Waals surface area (Å²) in [6, 6.07) is 13.2. The number of hydrogen-bond acceptors (Lipinski definition) is 7. The van der Waals surface area contributed by atoms with E-state index in [-0.39, 0.29) is 41.3 Å². The molecule has 0 bridgehead atoms. The number of fused-ring (bicyclic) bond motifs is 1. The van der Waals surface area contributed by atoms with Crippen molar-refractivity contribution in [2.75, 3.05) is 12.4 Å². The van der Waals surface area contributed by atoms with Crippen molar-refractivity contribution in [3.63, 3.8) is 0 Å². The van der Waals surface area contributed by atoms with Gasteiger partial charge in [-0.2, -0.15) is 0 Å². The van der Waals surface area contributed by atoms with Crippen LogP contribution < -0.4 is 39.8 Å². The first-order valence-electron chi connectivity index (χ1n) is 7.92. The topological polar surface area (TPSA) is 143 Å². The molecule has 3 rings (SSSR count). The van der Waals surface area contributed by atoms with Crippen LogP contribution in [0.1, 0.15) is 15.9 Å². The van der Waals surface area contributed by atoms with E-state index in [1.165, 1.54) is 22.8 Å². The van der Waals surface area contributed by atoms with Crippen molar-refractivity contribution in [3.8, 4) is 0 Å². The van der Waals surface area contributed by atoms with E-state index in [1.807, 2.05) is 0 Å². The summed E-state index contributed by atoms with van der Waals surface area (Å²) >= 11 is 0. The fourth-order valence-electron chi connectivity index (χ4n) is 2.53. The van der Waals surface area contributed by atoms with Gasteiger partial charge in [-0.05, 0) is 18.2 Å². The van der Waals surface area contributed by atoms with Crippen LogP contribution in [0, 0.1) is 0 Å². The first kappa shape index (κ1) is 23.2. The fraction of sp³-hybridized carbons (Fsp3) is 0.118. The molecular formula is C17H15N3NaO7P. The molecule has 1 aromatic heterocycles. The second kappa shape index (κ2) is 9.64. The largest absolute Gasteiger partial charge is 1.00 e. The van der Waals surface area contributed by atoms with Gasteiger partial charge >= 0.3 is 35.7 Å². The molecule has 0 aliphatic rings. The number of ether oxygens (including phenoxy) is 1. The Morgan fingerprint density at radius 1 is 1.21 bits per heavy atom. The predicted octanol–water partition coefficient (Wildman–Crippen LogP) is -1.12. The molecule has 1 atom stereocenters. The summed E-state index contributed by atoms with van der Waals surface area (Å²) in [6.45, 7) is -0.640. The van der Waals surface area contributed by atoms with E-state index in [0.29, 0.717) is 22.2 Å². The Kier molecular flexibility index (Phi) is 7.73. The van der Waals surface area contributed by atoms with Gasteiger partial charge < -0.3 is 14.5 Å². The number of ketones is 1.